The minimum atomic E-state index is 0. The van der Waals surface area contributed by atoms with E-state index in [1.165, 1.54) is 0 Å². The minimum absolute atomic E-state index is 0. The predicted molar refractivity (Wildman–Crippen MR) is 89.2 cm³/mol. The van der Waals surface area contributed by atoms with Gasteiger partial charge in [0.2, 0.25) is 0 Å². The van der Waals surface area contributed by atoms with Crippen molar-refractivity contribution in [1.82, 2.24) is 30.3 Å². The van der Waals surface area contributed by atoms with Gasteiger partial charge in [-0.25, -0.2) is 0 Å². The summed E-state index contributed by atoms with van der Waals surface area (Å²) < 4.78 is 2.14. The van der Waals surface area contributed by atoms with E-state index in [0.29, 0.717) is 0 Å². The summed E-state index contributed by atoms with van der Waals surface area (Å²) in [5.74, 6) is 1.83. The molecule has 1 aromatic carbocycles. The topological polar surface area (TPSA) is 71.4 Å². The Hall–Kier alpha value is -1.89. The SMILES string of the molecule is Cl.Cl.c1ccc(-c2cc(-c3nnc4n3CCNC4)[nH]n2)cc1. The molecular weight excluding hydrogens is 323 g/mol. The smallest absolute Gasteiger partial charge is 0.182 e. The first-order valence-corrected chi connectivity index (χ1v) is 6.66. The monoisotopic (exact) mass is 338 g/mol. The summed E-state index contributed by atoms with van der Waals surface area (Å²) in [5, 5.41) is 19.2. The maximum atomic E-state index is 4.37. The number of aromatic amines is 1. The Labute approximate surface area is 140 Å². The average molecular weight is 339 g/mol. The second-order valence-corrected chi connectivity index (χ2v) is 4.80. The van der Waals surface area contributed by atoms with Crippen LogP contribution < -0.4 is 5.32 Å². The Balaban J connectivity index is 0.000000882. The van der Waals surface area contributed by atoms with Gasteiger partial charge in [-0.05, 0) is 6.07 Å². The second kappa shape index (κ2) is 6.91. The Morgan fingerprint density at radius 1 is 1.05 bits per heavy atom. The number of hydrogen-bond acceptors (Lipinski definition) is 4. The van der Waals surface area contributed by atoms with E-state index in [4.69, 9.17) is 0 Å². The van der Waals surface area contributed by atoms with Crippen molar-refractivity contribution in [2.75, 3.05) is 6.54 Å². The fourth-order valence-electron chi connectivity index (χ4n) is 2.48. The van der Waals surface area contributed by atoms with Crippen LogP contribution in [0.15, 0.2) is 36.4 Å². The van der Waals surface area contributed by atoms with Crippen LogP contribution in [0.3, 0.4) is 0 Å². The predicted octanol–water partition coefficient (Wildman–Crippen LogP) is 2.28. The van der Waals surface area contributed by atoms with Gasteiger partial charge in [0, 0.05) is 18.7 Å². The third kappa shape index (κ3) is 2.85. The second-order valence-electron chi connectivity index (χ2n) is 4.80. The summed E-state index contributed by atoms with van der Waals surface area (Å²) >= 11 is 0. The highest BCUT2D eigenvalue weighted by Crippen LogP contribution is 2.23. The van der Waals surface area contributed by atoms with Gasteiger partial charge in [-0.15, -0.1) is 35.0 Å². The lowest BCUT2D eigenvalue weighted by atomic mass is 10.1. The Morgan fingerprint density at radius 3 is 2.68 bits per heavy atom. The van der Waals surface area contributed by atoms with Crippen molar-refractivity contribution in [3.05, 3.63) is 42.2 Å². The number of rotatable bonds is 2. The summed E-state index contributed by atoms with van der Waals surface area (Å²) in [6.45, 7) is 2.60. The van der Waals surface area contributed by atoms with Crippen LogP contribution in [-0.2, 0) is 13.1 Å². The molecule has 2 N–H and O–H groups in total. The highest BCUT2D eigenvalue weighted by Gasteiger charge is 2.18. The van der Waals surface area contributed by atoms with E-state index in [-0.39, 0.29) is 24.8 Å². The van der Waals surface area contributed by atoms with Crippen LogP contribution in [-0.4, -0.2) is 31.5 Å². The Morgan fingerprint density at radius 2 is 1.86 bits per heavy atom. The normalized spacial score (nSPS) is 12.9. The number of halogens is 2. The van der Waals surface area contributed by atoms with Crippen molar-refractivity contribution >= 4 is 24.8 Å². The van der Waals surface area contributed by atoms with Crippen molar-refractivity contribution in [2.24, 2.45) is 0 Å². The van der Waals surface area contributed by atoms with Crippen LogP contribution in [0, 0.1) is 0 Å². The van der Waals surface area contributed by atoms with E-state index in [1.54, 1.807) is 0 Å². The fraction of sp³-hybridized carbons (Fsp3) is 0.214. The van der Waals surface area contributed by atoms with Crippen molar-refractivity contribution in [3.8, 4) is 22.8 Å². The number of nitrogens with one attached hydrogen (secondary N) is 2. The van der Waals surface area contributed by atoms with Crippen LogP contribution in [0.1, 0.15) is 5.82 Å². The largest absolute Gasteiger partial charge is 0.308 e. The lowest BCUT2D eigenvalue weighted by molar-refractivity contribution is 0.508. The van der Waals surface area contributed by atoms with Gasteiger partial charge in [0.05, 0.1) is 12.2 Å². The number of fused-ring (bicyclic) bond motifs is 1. The summed E-state index contributed by atoms with van der Waals surface area (Å²) in [6.07, 6.45) is 0. The summed E-state index contributed by atoms with van der Waals surface area (Å²) in [6, 6.07) is 12.1. The first kappa shape index (κ1) is 16.5. The number of H-pyrrole nitrogens is 1. The molecule has 3 aromatic rings. The highest BCUT2D eigenvalue weighted by atomic mass is 35.5. The molecule has 0 fully saturated rings. The third-order valence-electron chi connectivity index (χ3n) is 3.51. The molecule has 1 aliphatic heterocycles. The molecule has 116 valence electrons. The first-order chi connectivity index (χ1) is 9.92. The number of hydrogen-bond donors (Lipinski definition) is 2. The standard InChI is InChI=1S/C14H14N6.2ClH/c1-2-4-10(5-3-1)11-8-12(17-16-11)14-19-18-13-9-15-6-7-20(13)14;;/h1-5,8,15H,6-7,9H2,(H,16,17);2*1H. The van der Waals surface area contributed by atoms with Crippen LogP contribution >= 0.6 is 24.8 Å². The van der Waals surface area contributed by atoms with Gasteiger partial charge in [-0.3, -0.25) is 5.10 Å². The van der Waals surface area contributed by atoms with Crippen LogP contribution in [0.5, 0.6) is 0 Å². The van der Waals surface area contributed by atoms with Gasteiger partial charge in [0.15, 0.2) is 5.82 Å². The number of aromatic nitrogens is 5. The van der Waals surface area contributed by atoms with E-state index >= 15 is 0 Å². The van der Waals surface area contributed by atoms with E-state index in [0.717, 1.165) is 48.2 Å². The third-order valence-corrected chi connectivity index (χ3v) is 3.51. The first-order valence-electron chi connectivity index (χ1n) is 6.66. The maximum absolute atomic E-state index is 4.37. The lowest BCUT2D eigenvalue weighted by Crippen LogP contribution is -2.28. The van der Waals surface area contributed by atoms with E-state index in [1.807, 2.05) is 36.4 Å². The molecule has 6 nitrogen and oxygen atoms in total. The van der Waals surface area contributed by atoms with Crippen LogP contribution in [0.2, 0.25) is 0 Å². The molecule has 0 radical (unpaired) electrons. The zero-order valence-electron chi connectivity index (χ0n) is 11.7. The lowest BCUT2D eigenvalue weighted by Gasteiger charge is -2.15. The molecule has 0 saturated carbocycles. The van der Waals surface area contributed by atoms with Gasteiger partial charge >= 0.3 is 0 Å². The fourth-order valence-corrected chi connectivity index (χ4v) is 2.48. The number of benzene rings is 1. The van der Waals surface area contributed by atoms with Crippen LogP contribution in [0.4, 0.5) is 0 Å². The average Bonchev–Trinajstić information content (AvgIpc) is 3.14. The van der Waals surface area contributed by atoms with Crippen molar-refractivity contribution in [1.29, 1.82) is 0 Å². The molecule has 8 heteroatoms. The Kier molecular flexibility index (Phi) is 5.18. The molecule has 22 heavy (non-hydrogen) atoms. The summed E-state index contributed by atoms with van der Waals surface area (Å²) in [5.41, 5.74) is 2.92. The molecule has 0 amide bonds. The molecule has 1 aliphatic rings. The molecule has 0 unspecified atom stereocenters. The maximum Gasteiger partial charge on any atom is 0.182 e. The van der Waals surface area contributed by atoms with Crippen molar-refractivity contribution in [3.63, 3.8) is 0 Å². The Bertz CT molecular complexity index is 737. The van der Waals surface area contributed by atoms with Gasteiger partial charge in [0.25, 0.3) is 0 Å². The zero-order valence-corrected chi connectivity index (χ0v) is 13.3. The molecule has 0 atom stereocenters. The van der Waals surface area contributed by atoms with E-state index < -0.39 is 0 Å². The summed E-state index contributed by atoms with van der Waals surface area (Å²) in [7, 11) is 0. The molecule has 0 bridgehead atoms. The minimum Gasteiger partial charge on any atom is -0.308 e. The number of nitrogens with zero attached hydrogens (tertiary/aromatic N) is 4. The molecule has 4 rings (SSSR count). The van der Waals surface area contributed by atoms with Crippen molar-refractivity contribution < 1.29 is 0 Å². The molecule has 0 saturated heterocycles. The van der Waals surface area contributed by atoms with Gasteiger partial charge in [0.1, 0.15) is 11.5 Å². The van der Waals surface area contributed by atoms with Gasteiger partial charge in [-0.2, -0.15) is 5.10 Å². The highest BCUT2D eigenvalue weighted by molar-refractivity contribution is 5.85. The quantitative estimate of drug-likeness (QED) is 0.751. The van der Waals surface area contributed by atoms with Gasteiger partial charge < -0.3 is 9.88 Å². The molecular formula is C14H16Cl2N6. The van der Waals surface area contributed by atoms with Crippen molar-refractivity contribution in [2.45, 2.75) is 13.1 Å². The molecule has 0 spiro atoms. The summed E-state index contributed by atoms with van der Waals surface area (Å²) in [4.78, 5) is 0. The zero-order chi connectivity index (χ0) is 13.4. The molecule has 2 aromatic heterocycles. The van der Waals surface area contributed by atoms with E-state index in [2.05, 4.69) is 30.3 Å². The molecule has 3 heterocycles. The molecule has 0 aliphatic carbocycles. The van der Waals surface area contributed by atoms with Gasteiger partial charge in [-0.1, -0.05) is 30.3 Å². The van der Waals surface area contributed by atoms with E-state index in [9.17, 15) is 0 Å². The van der Waals surface area contributed by atoms with Crippen LogP contribution in [0.25, 0.3) is 22.8 Å².